The van der Waals surface area contributed by atoms with E-state index in [0.717, 1.165) is 21.8 Å². The highest BCUT2D eigenvalue weighted by Crippen LogP contribution is 2.20. The third-order valence-corrected chi connectivity index (χ3v) is 11.9. The number of aromatic amines is 2. The number of H-pyrrole nitrogens is 2. The number of nitrogens with one attached hydrogen (secondary N) is 11. The SMILES string of the molecule is CC(=O)N[C@@H](Cc1c[nH]c2ccccc12)C(=O)N[C@@H](C)C(=O)N[C@@H](CCC(=O)O)C(=O)N[C@@H](C)C(=O)N[C@@H](C)C(=O)N[C@@H](C)C(=O)N[C@@H](CCC(=O)O)C(=O)N[C@@H](C)C(=O)N[C@@H](Cc1c[nH]c2ccccc12)C(N)=O. The number of hydrogen-bond donors (Lipinski definition) is 14. The molecule has 2 aromatic heterocycles. The lowest BCUT2D eigenvalue weighted by molar-refractivity contribution is -0.139. The van der Waals surface area contributed by atoms with Crippen molar-refractivity contribution >= 4 is 92.8 Å². The molecule has 0 spiro atoms. The molecule has 0 aliphatic rings. The fraction of sp³-hybridized carbons (Fsp3) is 0.429. The quantitative estimate of drug-likeness (QED) is 0.0297. The van der Waals surface area contributed by atoms with E-state index in [1.165, 1.54) is 41.5 Å². The number of nitrogens with two attached hydrogens (primary N) is 1. The van der Waals surface area contributed by atoms with E-state index in [1.54, 1.807) is 18.5 Å². The first-order chi connectivity index (χ1) is 35.3. The van der Waals surface area contributed by atoms with Gasteiger partial charge in [0, 0.05) is 66.8 Å². The topological polar surface area (TPSA) is 411 Å². The molecular weight excluding hydrogens is 981 g/mol. The third kappa shape index (κ3) is 17.7. The number of para-hydroxylation sites is 2. The summed E-state index contributed by atoms with van der Waals surface area (Å²) in [5, 5.41) is 42.1. The number of aromatic nitrogens is 2. The standard InChI is InChI=1S/C49H64N12O14/c1-23(42(68)54-25(3)44(70)59-36(16-18-40(65)66)48(74)56-27(5)46(72)61-37(41(50)67)19-29-21-51-33-13-9-7-11-31(29)33)53-43(69)24(2)55-47(73)35(15-17-39(63)64)60-45(71)26(4)57-49(75)38(58-28(6)62)20-30-22-52-34-14-10-8-12-32(30)34/h7-14,21-27,35-38,51-52H,15-20H2,1-6H3,(H2,50,67)(H,53,69)(H,54,68)(H,55,73)(H,56,74)(H,57,75)(H,58,62)(H,59,70)(H,60,71)(H,61,72)(H,63,64)(H,65,66)/t23-,24-,25-,26-,27-,35-,36-,37-,38-/m0/s1. The van der Waals surface area contributed by atoms with Gasteiger partial charge in [0.1, 0.15) is 54.4 Å². The van der Waals surface area contributed by atoms with Crippen LogP contribution in [0.3, 0.4) is 0 Å². The summed E-state index contributed by atoms with van der Waals surface area (Å²) >= 11 is 0. The van der Waals surface area contributed by atoms with Crippen LogP contribution in [0, 0.1) is 0 Å². The summed E-state index contributed by atoms with van der Waals surface area (Å²) in [5.74, 6) is -11.2. The zero-order chi connectivity index (χ0) is 55.7. The zero-order valence-corrected chi connectivity index (χ0v) is 42.1. The van der Waals surface area contributed by atoms with Gasteiger partial charge in [0.25, 0.3) is 0 Å². The van der Waals surface area contributed by atoms with Crippen molar-refractivity contribution in [2.75, 3.05) is 0 Å². The van der Waals surface area contributed by atoms with Crippen LogP contribution in [0.4, 0.5) is 0 Å². The van der Waals surface area contributed by atoms with Crippen molar-refractivity contribution < 1.29 is 67.7 Å². The smallest absolute Gasteiger partial charge is 0.303 e. The van der Waals surface area contributed by atoms with E-state index in [1.807, 2.05) is 42.5 Å². The second-order valence-electron chi connectivity index (χ2n) is 18.0. The minimum absolute atomic E-state index is 0.0201. The van der Waals surface area contributed by atoms with Gasteiger partial charge in [0.15, 0.2) is 0 Å². The lowest BCUT2D eigenvalue weighted by Gasteiger charge is -2.25. The van der Waals surface area contributed by atoms with E-state index in [9.17, 15) is 67.7 Å². The Labute approximate surface area is 429 Å². The molecule has 26 heteroatoms. The summed E-state index contributed by atoms with van der Waals surface area (Å²) in [6.45, 7) is 7.53. The van der Waals surface area contributed by atoms with Gasteiger partial charge in [-0.2, -0.15) is 0 Å². The molecule has 75 heavy (non-hydrogen) atoms. The lowest BCUT2D eigenvalue weighted by Crippen LogP contribution is -2.59. The largest absolute Gasteiger partial charge is 0.481 e. The van der Waals surface area contributed by atoms with Crippen LogP contribution in [0.2, 0.25) is 0 Å². The molecule has 2 aromatic carbocycles. The van der Waals surface area contributed by atoms with Crippen molar-refractivity contribution in [1.82, 2.24) is 57.8 Å². The molecule has 4 aromatic rings. The minimum Gasteiger partial charge on any atom is -0.481 e. The highest BCUT2D eigenvalue weighted by Gasteiger charge is 2.32. The van der Waals surface area contributed by atoms with E-state index in [4.69, 9.17) is 5.73 Å². The highest BCUT2D eigenvalue weighted by molar-refractivity contribution is 5.99. The first kappa shape index (κ1) is 58.7. The van der Waals surface area contributed by atoms with Crippen molar-refractivity contribution in [3.05, 3.63) is 72.1 Å². The Morgan fingerprint density at radius 1 is 0.440 bits per heavy atom. The Morgan fingerprint density at radius 3 is 1.09 bits per heavy atom. The van der Waals surface area contributed by atoms with Gasteiger partial charge in [0.05, 0.1) is 0 Å². The number of carboxylic acids is 2. The number of carbonyl (C=O) groups excluding carboxylic acids is 10. The molecule has 404 valence electrons. The molecule has 26 nitrogen and oxygen atoms in total. The Hall–Kier alpha value is -8.84. The Balaban J connectivity index is 1.29. The number of aliphatic carboxylic acids is 2. The van der Waals surface area contributed by atoms with Gasteiger partial charge in [-0.1, -0.05) is 36.4 Å². The molecule has 0 aliphatic heterocycles. The second-order valence-corrected chi connectivity index (χ2v) is 18.0. The molecule has 0 saturated heterocycles. The van der Waals surface area contributed by atoms with Gasteiger partial charge in [0.2, 0.25) is 59.1 Å². The molecule has 9 atom stereocenters. The Morgan fingerprint density at radius 2 is 0.747 bits per heavy atom. The number of benzene rings is 2. The van der Waals surface area contributed by atoms with Crippen LogP contribution in [-0.4, -0.2) is 146 Å². The third-order valence-electron chi connectivity index (χ3n) is 11.9. The molecule has 2 heterocycles. The normalized spacial score (nSPS) is 14.6. The van der Waals surface area contributed by atoms with Gasteiger partial charge in [-0.05, 0) is 70.7 Å². The first-order valence-corrected chi connectivity index (χ1v) is 23.9. The number of fused-ring (bicyclic) bond motifs is 2. The molecule has 0 radical (unpaired) electrons. The van der Waals surface area contributed by atoms with Gasteiger partial charge in [-0.15, -0.1) is 0 Å². The molecule has 0 aliphatic carbocycles. The van der Waals surface area contributed by atoms with Gasteiger partial charge in [-0.3, -0.25) is 57.5 Å². The fourth-order valence-corrected chi connectivity index (χ4v) is 7.63. The van der Waals surface area contributed by atoms with Gasteiger partial charge >= 0.3 is 11.9 Å². The van der Waals surface area contributed by atoms with Crippen molar-refractivity contribution in [3.8, 4) is 0 Å². The summed E-state index contributed by atoms with van der Waals surface area (Å²) in [4.78, 5) is 160. The molecule has 0 bridgehead atoms. The van der Waals surface area contributed by atoms with Crippen LogP contribution in [0.5, 0.6) is 0 Å². The van der Waals surface area contributed by atoms with Crippen LogP contribution in [-0.2, 0) is 70.4 Å². The average molecular weight is 1050 g/mol. The zero-order valence-electron chi connectivity index (χ0n) is 42.1. The Kier molecular flexibility index (Phi) is 21.4. The van der Waals surface area contributed by atoms with Crippen LogP contribution in [0.25, 0.3) is 21.8 Å². The van der Waals surface area contributed by atoms with Gasteiger partial charge in [-0.25, -0.2) is 0 Å². The number of hydrogen-bond acceptors (Lipinski definition) is 12. The van der Waals surface area contributed by atoms with Crippen molar-refractivity contribution in [1.29, 1.82) is 0 Å². The summed E-state index contributed by atoms with van der Waals surface area (Å²) in [7, 11) is 0. The molecule has 4 rings (SSSR count). The van der Waals surface area contributed by atoms with Crippen LogP contribution < -0.4 is 53.6 Å². The summed E-state index contributed by atoms with van der Waals surface area (Å²) in [5.41, 5.74) is 8.58. The number of rotatable bonds is 28. The van der Waals surface area contributed by atoms with E-state index in [-0.39, 0.29) is 12.8 Å². The Bertz CT molecular complexity index is 2790. The van der Waals surface area contributed by atoms with Crippen molar-refractivity contribution in [2.45, 2.75) is 134 Å². The monoisotopic (exact) mass is 1040 g/mol. The molecule has 0 fully saturated rings. The maximum atomic E-state index is 13.4. The minimum atomic E-state index is -1.53. The maximum Gasteiger partial charge on any atom is 0.303 e. The summed E-state index contributed by atoms with van der Waals surface area (Å²) < 4.78 is 0. The summed E-state index contributed by atoms with van der Waals surface area (Å²) in [6.07, 6.45) is 1.38. The fourth-order valence-electron chi connectivity index (χ4n) is 7.63. The van der Waals surface area contributed by atoms with Crippen LogP contribution >= 0.6 is 0 Å². The van der Waals surface area contributed by atoms with Crippen LogP contribution in [0.15, 0.2) is 60.9 Å². The van der Waals surface area contributed by atoms with E-state index < -0.39 is 151 Å². The van der Waals surface area contributed by atoms with E-state index >= 15 is 0 Å². The number of primary amides is 1. The summed E-state index contributed by atoms with van der Waals surface area (Å²) in [6, 6.07) is 2.45. The molecule has 10 amide bonds. The molecular formula is C49H64N12O14. The lowest BCUT2D eigenvalue weighted by atomic mass is 10.0. The second kappa shape index (κ2) is 27.3. The number of carbonyl (C=O) groups is 12. The van der Waals surface area contributed by atoms with Crippen molar-refractivity contribution in [3.63, 3.8) is 0 Å². The number of carboxylic acid groups (broad SMARTS) is 2. The predicted molar refractivity (Wildman–Crippen MR) is 268 cm³/mol. The predicted octanol–water partition coefficient (Wildman–Crippen LogP) is -1.87. The van der Waals surface area contributed by atoms with Crippen LogP contribution in [0.1, 0.15) is 78.4 Å². The average Bonchev–Trinajstić information content (AvgIpc) is 3.96. The van der Waals surface area contributed by atoms with E-state index in [0.29, 0.717) is 11.1 Å². The van der Waals surface area contributed by atoms with Crippen molar-refractivity contribution in [2.24, 2.45) is 5.73 Å². The first-order valence-electron chi connectivity index (χ1n) is 23.9. The number of amides is 10. The molecule has 15 N–H and O–H groups in total. The van der Waals surface area contributed by atoms with E-state index in [2.05, 4.69) is 57.8 Å². The highest BCUT2D eigenvalue weighted by atomic mass is 16.4. The molecule has 0 unspecified atom stereocenters. The maximum absolute atomic E-state index is 13.4. The molecule has 0 saturated carbocycles. The van der Waals surface area contributed by atoms with Gasteiger partial charge < -0.3 is 73.8 Å².